The zero-order valence-corrected chi connectivity index (χ0v) is 19.7. The number of nitrogens with zero attached hydrogens (tertiary/aromatic N) is 5. The Kier molecular flexibility index (Phi) is 7.49. The van der Waals surface area contributed by atoms with E-state index in [4.69, 9.17) is 10.5 Å². The minimum Gasteiger partial charge on any atom is -0.495 e. The highest BCUT2D eigenvalue weighted by Crippen LogP contribution is 2.38. The molecule has 0 radical (unpaired) electrons. The van der Waals surface area contributed by atoms with Crippen LogP contribution in [-0.4, -0.2) is 55.3 Å². The normalized spacial score (nSPS) is 14.1. The lowest BCUT2D eigenvalue weighted by atomic mass is 10.2. The maximum absolute atomic E-state index is 10.5. The molecule has 9 nitrogen and oxygen atoms in total. The maximum atomic E-state index is 10.5. The third kappa shape index (κ3) is 5.84. The number of rotatable bonds is 8. The molecule has 0 fully saturated rings. The highest BCUT2D eigenvalue weighted by Gasteiger charge is 2.19. The number of fused-ring (bicyclic) bond motifs is 1. The number of aliphatic hydroxyl groups excluding tert-OH is 1. The molecule has 0 aliphatic rings. The molecule has 0 amide bonds. The first-order chi connectivity index (χ1) is 15.2. The van der Waals surface area contributed by atoms with Crippen molar-refractivity contribution in [3.8, 4) is 5.75 Å². The van der Waals surface area contributed by atoms with Crippen molar-refractivity contribution in [3.05, 3.63) is 54.5 Å². The van der Waals surface area contributed by atoms with Crippen molar-refractivity contribution in [1.29, 1.82) is 0 Å². The number of methoxy groups -OCH3 is 1. The van der Waals surface area contributed by atoms with Gasteiger partial charge in [0, 0.05) is 36.5 Å². The molecule has 1 atom stereocenters. The first kappa shape index (κ1) is 23.7. The van der Waals surface area contributed by atoms with E-state index in [9.17, 15) is 5.11 Å². The molecule has 0 saturated carbocycles. The predicted octanol–water partition coefficient (Wildman–Crippen LogP) is 2.50. The summed E-state index contributed by atoms with van der Waals surface area (Å²) >= 11 is 1.70. The zero-order valence-electron chi connectivity index (χ0n) is 18.9. The van der Waals surface area contributed by atoms with Crippen LogP contribution in [0.2, 0.25) is 0 Å². The molecule has 0 bridgehead atoms. The number of aromatic nitrogens is 4. The van der Waals surface area contributed by atoms with Crippen LogP contribution in [-0.2, 0) is 6.54 Å². The summed E-state index contributed by atoms with van der Waals surface area (Å²) < 4.78 is 7.47. The third-order valence-corrected chi connectivity index (χ3v) is 5.56. The summed E-state index contributed by atoms with van der Waals surface area (Å²) in [7, 11) is 3.25. The lowest BCUT2D eigenvalue weighted by molar-refractivity contribution is 0.200. The summed E-state index contributed by atoms with van der Waals surface area (Å²) in [5.41, 5.74) is 8.60. The number of aliphatic hydroxyl groups is 1. The molecule has 170 valence electrons. The second-order valence-corrected chi connectivity index (χ2v) is 9.86. The van der Waals surface area contributed by atoms with Gasteiger partial charge in [0.2, 0.25) is 0 Å². The number of nitrogens with two attached hydrogens (primary N) is 1. The number of pyridine rings is 1. The van der Waals surface area contributed by atoms with Gasteiger partial charge in [0.05, 0.1) is 41.8 Å². The number of imidazole rings is 1. The van der Waals surface area contributed by atoms with Gasteiger partial charge >= 0.3 is 0 Å². The molecule has 0 aromatic carbocycles. The van der Waals surface area contributed by atoms with Crippen molar-refractivity contribution in [1.82, 2.24) is 24.7 Å². The standard InChI is InChI=1S/C22H29N7O2S/c1-22(2,3)32-18-13-29-16(11-27-20(29)10-17(18)31-5)14(23)9-15(24-4)21(30)28-12-19-25-7-6-8-26-19/h6-11,13,21,28,30H,12,23H2,1-5H3. The molecule has 3 aromatic heterocycles. The molecule has 3 rings (SSSR count). The Morgan fingerprint density at radius 1 is 1.34 bits per heavy atom. The number of ether oxygens (including phenoxy) is 1. The lowest BCUT2D eigenvalue weighted by Crippen LogP contribution is -2.36. The second kappa shape index (κ2) is 10.1. The molecule has 4 N–H and O–H groups in total. The van der Waals surface area contributed by atoms with Crippen molar-refractivity contribution in [2.24, 2.45) is 10.7 Å². The van der Waals surface area contributed by atoms with Gasteiger partial charge in [0.15, 0.2) is 0 Å². The summed E-state index contributed by atoms with van der Waals surface area (Å²) in [5.74, 6) is 1.33. The van der Waals surface area contributed by atoms with E-state index in [1.165, 1.54) is 0 Å². The van der Waals surface area contributed by atoms with Gasteiger partial charge in [-0.15, -0.1) is 11.8 Å². The number of thioether (sulfide) groups is 1. The number of hydrogen-bond donors (Lipinski definition) is 3. The lowest BCUT2D eigenvalue weighted by Gasteiger charge is -2.20. The van der Waals surface area contributed by atoms with Crippen molar-refractivity contribution >= 4 is 28.8 Å². The Morgan fingerprint density at radius 2 is 2.06 bits per heavy atom. The van der Waals surface area contributed by atoms with Gasteiger partial charge < -0.3 is 15.6 Å². The van der Waals surface area contributed by atoms with Gasteiger partial charge in [-0.1, -0.05) is 20.8 Å². The third-order valence-electron chi connectivity index (χ3n) is 4.42. The second-order valence-electron chi connectivity index (χ2n) is 7.99. The van der Waals surface area contributed by atoms with E-state index in [-0.39, 0.29) is 11.3 Å². The van der Waals surface area contributed by atoms with Crippen LogP contribution in [0.5, 0.6) is 5.75 Å². The van der Waals surface area contributed by atoms with Crippen molar-refractivity contribution < 1.29 is 9.84 Å². The van der Waals surface area contributed by atoms with Gasteiger partial charge in [-0.3, -0.25) is 14.7 Å². The molecule has 0 aliphatic heterocycles. The van der Waals surface area contributed by atoms with Crippen LogP contribution < -0.4 is 15.8 Å². The molecule has 32 heavy (non-hydrogen) atoms. The van der Waals surface area contributed by atoms with Crippen LogP contribution in [0.15, 0.2) is 52.9 Å². The largest absolute Gasteiger partial charge is 0.495 e. The number of nitrogens with one attached hydrogen (secondary N) is 1. The molecule has 0 aliphatic carbocycles. The fourth-order valence-electron chi connectivity index (χ4n) is 2.98. The minimum atomic E-state index is -1.03. The van der Waals surface area contributed by atoms with Gasteiger partial charge in [-0.2, -0.15) is 0 Å². The summed E-state index contributed by atoms with van der Waals surface area (Å²) in [6, 6.07) is 3.62. The molecular weight excluding hydrogens is 426 g/mol. The molecule has 3 aromatic rings. The summed E-state index contributed by atoms with van der Waals surface area (Å²) in [6.07, 6.45) is 7.56. The Morgan fingerprint density at radius 3 is 2.69 bits per heavy atom. The maximum Gasteiger partial charge on any atom is 0.148 e. The van der Waals surface area contributed by atoms with Crippen LogP contribution in [0, 0.1) is 0 Å². The number of aliphatic imine (C=N–C) groups is 1. The van der Waals surface area contributed by atoms with E-state index >= 15 is 0 Å². The number of hydrogen-bond acceptors (Lipinski definition) is 9. The molecular formula is C22H29N7O2S. The Bertz CT molecular complexity index is 1120. The monoisotopic (exact) mass is 455 g/mol. The van der Waals surface area contributed by atoms with E-state index in [2.05, 4.69) is 46.0 Å². The van der Waals surface area contributed by atoms with E-state index in [1.807, 2.05) is 16.7 Å². The highest BCUT2D eigenvalue weighted by molar-refractivity contribution is 8.00. The van der Waals surface area contributed by atoms with E-state index in [0.717, 1.165) is 10.6 Å². The predicted molar refractivity (Wildman–Crippen MR) is 128 cm³/mol. The van der Waals surface area contributed by atoms with Gasteiger partial charge in [-0.25, -0.2) is 15.0 Å². The van der Waals surface area contributed by atoms with Gasteiger partial charge in [0.25, 0.3) is 0 Å². The van der Waals surface area contributed by atoms with Crippen LogP contribution in [0.1, 0.15) is 32.3 Å². The van der Waals surface area contributed by atoms with Gasteiger partial charge in [0.1, 0.15) is 23.4 Å². The Hall–Kier alpha value is -2.95. The minimum absolute atomic E-state index is 0.00334. The first-order valence-corrected chi connectivity index (χ1v) is 10.9. The average molecular weight is 456 g/mol. The Balaban J connectivity index is 1.86. The summed E-state index contributed by atoms with van der Waals surface area (Å²) in [5, 5.41) is 13.5. The van der Waals surface area contributed by atoms with E-state index < -0.39 is 6.23 Å². The van der Waals surface area contributed by atoms with Crippen LogP contribution >= 0.6 is 11.8 Å². The Labute approximate surface area is 191 Å². The van der Waals surface area contributed by atoms with Crippen LogP contribution in [0.4, 0.5) is 0 Å². The fraction of sp³-hybridized carbons (Fsp3) is 0.364. The zero-order chi connectivity index (χ0) is 23.3. The SMILES string of the molecule is CN=C(C=C(N)c1cnc2cc(OC)c(SC(C)(C)C)cn12)C(O)NCc1ncccn1. The van der Waals surface area contributed by atoms with Crippen molar-refractivity contribution in [2.45, 2.75) is 43.2 Å². The van der Waals surface area contributed by atoms with Crippen LogP contribution in [0.25, 0.3) is 11.3 Å². The topological polar surface area (TPSA) is 123 Å². The van der Waals surface area contributed by atoms with Crippen molar-refractivity contribution in [3.63, 3.8) is 0 Å². The summed E-state index contributed by atoms with van der Waals surface area (Å²) in [4.78, 5) is 17.9. The highest BCUT2D eigenvalue weighted by atomic mass is 32.2. The molecule has 1 unspecified atom stereocenters. The fourth-order valence-corrected chi connectivity index (χ4v) is 4.04. The van der Waals surface area contributed by atoms with Crippen LogP contribution in [0.3, 0.4) is 0 Å². The molecule has 0 spiro atoms. The van der Waals surface area contributed by atoms with E-state index in [0.29, 0.717) is 28.6 Å². The summed E-state index contributed by atoms with van der Waals surface area (Å²) in [6.45, 7) is 6.72. The van der Waals surface area contributed by atoms with Crippen molar-refractivity contribution in [2.75, 3.05) is 14.2 Å². The first-order valence-electron chi connectivity index (χ1n) is 10.1. The molecule has 3 heterocycles. The molecule has 0 saturated heterocycles. The average Bonchev–Trinajstić information content (AvgIpc) is 3.17. The smallest absolute Gasteiger partial charge is 0.148 e. The van der Waals surface area contributed by atoms with Gasteiger partial charge in [-0.05, 0) is 12.1 Å². The molecule has 10 heteroatoms. The van der Waals surface area contributed by atoms with E-state index in [1.54, 1.807) is 56.7 Å². The quantitative estimate of drug-likeness (QED) is 0.269.